The van der Waals surface area contributed by atoms with E-state index in [0.717, 1.165) is 22.1 Å². The number of methoxy groups -OCH3 is 1. The van der Waals surface area contributed by atoms with Gasteiger partial charge in [-0.2, -0.15) is 0 Å². The normalized spacial score (nSPS) is 14.3. The van der Waals surface area contributed by atoms with Crippen molar-refractivity contribution in [2.75, 3.05) is 25.4 Å². The van der Waals surface area contributed by atoms with Crippen LogP contribution in [0.4, 0.5) is 25.2 Å². The number of halogens is 6. The Balaban J connectivity index is 0.000000381. The number of carbonyl (C=O) groups is 1. The molecule has 0 unspecified atom stereocenters. The molecule has 25 heavy (non-hydrogen) atoms. The Bertz CT molecular complexity index is 763. The van der Waals surface area contributed by atoms with Gasteiger partial charge in [0.1, 0.15) is 5.75 Å². The first-order chi connectivity index (χ1) is 11.1. The summed E-state index contributed by atoms with van der Waals surface area (Å²) < 4.78 is 64.5. The van der Waals surface area contributed by atoms with E-state index in [-0.39, 0.29) is 16.7 Å². The fourth-order valence-corrected chi connectivity index (χ4v) is 2.71. The van der Waals surface area contributed by atoms with Crippen LogP contribution in [0.25, 0.3) is 10.8 Å². The van der Waals surface area contributed by atoms with Crippen molar-refractivity contribution in [3.63, 3.8) is 0 Å². The van der Waals surface area contributed by atoms with E-state index in [4.69, 9.17) is 4.74 Å². The molecule has 0 aliphatic rings. The maximum absolute atomic E-state index is 12.2. The van der Waals surface area contributed by atoms with Gasteiger partial charge in [0, 0.05) is 10.9 Å². The van der Waals surface area contributed by atoms with E-state index in [0.29, 0.717) is 5.75 Å². The van der Waals surface area contributed by atoms with Gasteiger partial charge < -0.3 is 4.74 Å². The predicted octanol–water partition coefficient (Wildman–Crippen LogP) is 6.29. The maximum atomic E-state index is 12.2. The second-order valence-corrected chi connectivity index (χ2v) is 9.55. The molecule has 0 saturated carbocycles. The number of hydrogen-bond donors (Lipinski definition) is 0. The summed E-state index contributed by atoms with van der Waals surface area (Å²) in [7, 11) is -8.88. The van der Waals surface area contributed by atoms with Crippen LogP contribution < -0.4 is 4.74 Å². The molecule has 0 atom stereocenters. The zero-order valence-electron chi connectivity index (χ0n) is 13.6. The van der Waals surface area contributed by atoms with E-state index in [1.165, 1.54) is 0 Å². The molecule has 0 saturated heterocycles. The molecule has 0 bridgehead atoms. The van der Waals surface area contributed by atoms with E-state index >= 15 is 0 Å². The number of hydrogen-bond acceptors (Lipinski definition) is 2. The predicted molar refractivity (Wildman–Crippen MR) is 92.5 cm³/mol. The molecule has 0 heterocycles. The van der Waals surface area contributed by atoms with Crippen molar-refractivity contribution in [2.24, 2.45) is 0 Å². The monoisotopic (exact) mass is 406 g/mol. The van der Waals surface area contributed by atoms with Crippen LogP contribution in [0.15, 0.2) is 36.4 Å². The van der Waals surface area contributed by atoms with Crippen molar-refractivity contribution >= 4 is 35.3 Å². The third kappa shape index (κ3) is 8.97. The van der Waals surface area contributed by atoms with Crippen LogP contribution in [-0.2, 0) is 10.9 Å². The van der Waals surface area contributed by atoms with E-state index in [1.807, 2.05) is 36.4 Å². The van der Waals surface area contributed by atoms with Crippen molar-refractivity contribution in [2.45, 2.75) is 0 Å². The Hall–Kier alpha value is -1.47. The van der Waals surface area contributed by atoms with Gasteiger partial charge in [0.15, 0.2) is 5.75 Å². The molecule has 2 nitrogen and oxygen atoms in total. The number of Topliss-reactive ketones (excluding diaryl/α,β-unsaturated/α-hetero) is 1. The fourth-order valence-electron chi connectivity index (χ4n) is 2.03. The van der Waals surface area contributed by atoms with Gasteiger partial charge in [0.25, 0.3) is 0 Å². The fraction of sp³-hybridized carbons (Fsp3) is 0.267. The van der Waals surface area contributed by atoms with Gasteiger partial charge in [-0.1, -0.05) is 24.3 Å². The van der Waals surface area contributed by atoms with Crippen LogP contribution in [0, 0.1) is 0 Å². The minimum absolute atomic E-state index is 0.123. The Morgan fingerprint density at radius 3 is 1.88 bits per heavy atom. The summed E-state index contributed by atoms with van der Waals surface area (Å²) in [5, 5.41) is 1.98. The molecule has 0 N–H and O–H groups in total. The summed E-state index contributed by atoms with van der Waals surface area (Å²) >= 11 is 0. The summed E-state index contributed by atoms with van der Waals surface area (Å²) in [6.45, 7) is 0. The van der Waals surface area contributed by atoms with Crippen molar-refractivity contribution in [3.05, 3.63) is 42.0 Å². The SMILES string of the molecule is COc1ccc(C(=O)C[S+](C)C)c2ccccc12.F[P-](F)(F)(F)(F)F. The standard InChI is InChI=1S/C15H17O2S.F6P/c1-17-15-9-8-12(14(16)10-18(2)3)11-6-4-5-7-13(11)15;1-7(2,3,4,5)6/h4-9H,10H2,1-3H3;/q+1;-1. The van der Waals surface area contributed by atoms with Gasteiger partial charge in [-0.3, -0.25) is 4.79 Å². The van der Waals surface area contributed by atoms with Crippen molar-refractivity contribution in [1.82, 2.24) is 0 Å². The Kier molecular flexibility index (Phi) is 5.77. The molecule has 142 valence electrons. The molecule has 0 amide bonds. The van der Waals surface area contributed by atoms with Crippen molar-refractivity contribution in [1.29, 1.82) is 0 Å². The molecule has 0 aliphatic heterocycles. The van der Waals surface area contributed by atoms with Gasteiger partial charge in [0.05, 0.1) is 19.6 Å². The van der Waals surface area contributed by atoms with Crippen LogP contribution in [0.1, 0.15) is 10.4 Å². The van der Waals surface area contributed by atoms with E-state index in [1.54, 1.807) is 7.11 Å². The number of benzene rings is 2. The summed E-state index contributed by atoms with van der Waals surface area (Å²) in [6.07, 6.45) is 4.17. The summed E-state index contributed by atoms with van der Waals surface area (Å²) in [5.74, 6) is 1.63. The molecule has 0 aliphatic carbocycles. The Morgan fingerprint density at radius 1 is 0.960 bits per heavy atom. The van der Waals surface area contributed by atoms with Crippen LogP contribution in [0.3, 0.4) is 0 Å². The van der Waals surface area contributed by atoms with Crippen molar-refractivity contribution in [3.8, 4) is 5.75 Å². The first-order valence-corrected chi connectivity index (χ1v) is 11.0. The minimum atomic E-state index is -10.7. The Morgan fingerprint density at radius 2 is 1.44 bits per heavy atom. The van der Waals surface area contributed by atoms with Crippen LogP contribution in [-0.4, -0.2) is 31.2 Å². The molecule has 2 aromatic rings. The van der Waals surface area contributed by atoms with Gasteiger partial charge >= 0.3 is 33.0 Å². The third-order valence-electron chi connectivity index (χ3n) is 2.82. The Labute approximate surface area is 143 Å². The molecule has 0 fully saturated rings. The van der Waals surface area contributed by atoms with Crippen LogP contribution >= 0.6 is 7.81 Å². The first kappa shape index (κ1) is 21.6. The second-order valence-electron chi connectivity index (χ2n) is 5.37. The third-order valence-corrected chi connectivity index (χ3v) is 3.66. The topological polar surface area (TPSA) is 26.3 Å². The van der Waals surface area contributed by atoms with E-state index < -0.39 is 7.81 Å². The van der Waals surface area contributed by atoms with Gasteiger partial charge in [-0.05, 0) is 28.4 Å². The molecular formula is C15H17F6O2PS. The molecule has 2 rings (SSSR count). The zero-order chi connectivity index (χ0) is 19.5. The number of ether oxygens (including phenoxy) is 1. The zero-order valence-corrected chi connectivity index (χ0v) is 15.3. The summed E-state index contributed by atoms with van der Waals surface area (Å²) in [4.78, 5) is 12.2. The molecule has 10 heteroatoms. The van der Waals surface area contributed by atoms with E-state index in [9.17, 15) is 30.0 Å². The van der Waals surface area contributed by atoms with E-state index in [2.05, 4.69) is 12.5 Å². The van der Waals surface area contributed by atoms with Gasteiger partial charge in [0.2, 0.25) is 5.78 Å². The van der Waals surface area contributed by atoms with Gasteiger partial charge in [-0.25, -0.2) is 0 Å². The molecule has 2 aromatic carbocycles. The number of rotatable bonds is 4. The van der Waals surface area contributed by atoms with Crippen molar-refractivity contribution < 1.29 is 34.7 Å². The quantitative estimate of drug-likeness (QED) is 0.258. The number of fused-ring (bicyclic) bond motifs is 1. The second kappa shape index (κ2) is 6.68. The number of carbonyl (C=O) groups excluding carboxylic acids is 1. The summed E-state index contributed by atoms with van der Waals surface area (Å²) in [6, 6.07) is 11.6. The molecule has 0 aromatic heterocycles. The van der Waals surface area contributed by atoms with Crippen LogP contribution in [0.5, 0.6) is 5.75 Å². The average molecular weight is 406 g/mol. The van der Waals surface area contributed by atoms with Gasteiger partial charge in [-0.15, -0.1) is 0 Å². The van der Waals surface area contributed by atoms with Crippen LogP contribution in [0.2, 0.25) is 0 Å². The average Bonchev–Trinajstić information content (AvgIpc) is 2.42. The summed E-state index contributed by atoms with van der Waals surface area (Å²) in [5.41, 5.74) is 0.799. The molecular weight excluding hydrogens is 389 g/mol. The number of ketones is 1. The molecule has 0 radical (unpaired) electrons. The first-order valence-electron chi connectivity index (χ1n) is 6.78. The molecule has 0 spiro atoms.